The second-order valence-corrected chi connectivity index (χ2v) is 6.39. The van der Waals surface area contributed by atoms with Gasteiger partial charge in [-0.3, -0.25) is 4.79 Å². The molecule has 0 fully saturated rings. The van der Waals surface area contributed by atoms with Gasteiger partial charge in [-0.25, -0.2) is 4.79 Å². The van der Waals surface area contributed by atoms with Crippen molar-refractivity contribution in [2.75, 3.05) is 13.2 Å². The predicted molar refractivity (Wildman–Crippen MR) is 93.2 cm³/mol. The Morgan fingerprint density at radius 1 is 1.28 bits per heavy atom. The van der Waals surface area contributed by atoms with Crippen molar-refractivity contribution in [3.05, 3.63) is 35.4 Å². The van der Waals surface area contributed by atoms with E-state index in [0.29, 0.717) is 11.3 Å². The number of aliphatic imine (C=N–C) groups is 1. The number of aliphatic hydroxyl groups excluding tert-OH is 1. The van der Waals surface area contributed by atoms with Crippen LogP contribution in [0.1, 0.15) is 38.3 Å². The van der Waals surface area contributed by atoms with Crippen LogP contribution in [0, 0.1) is 11.3 Å². The minimum absolute atomic E-state index is 0.0841. The van der Waals surface area contributed by atoms with Crippen LogP contribution in [0.2, 0.25) is 0 Å². The lowest BCUT2D eigenvalue weighted by Gasteiger charge is -2.18. The van der Waals surface area contributed by atoms with Gasteiger partial charge in [0.25, 0.3) is 0 Å². The van der Waals surface area contributed by atoms with E-state index in [1.165, 1.54) is 0 Å². The highest BCUT2D eigenvalue weighted by atomic mass is 16.6. The number of rotatable bonds is 6. The van der Waals surface area contributed by atoms with Crippen molar-refractivity contribution in [3.8, 4) is 6.07 Å². The first-order valence-electron chi connectivity index (χ1n) is 7.89. The molecule has 25 heavy (non-hydrogen) atoms. The fourth-order valence-corrected chi connectivity index (χ4v) is 1.93. The van der Waals surface area contributed by atoms with Crippen LogP contribution in [0.5, 0.6) is 0 Å². The lowest BCUT2D eigenvalue weighted by Crippen LogP contribution is -2.29. The van der Waals surface area contributed by atoms with E-state index < -0.39 is 11.7 Å². The number of carbonyl (C=O) groups is 2. The zero-order valence-electron chi connectivity index (χ0n) is 14.7. The molecule has 1 aromatic carbocycles. The molecule has 2 amide bonds. The maximum Gasteiger partial charge on any atom is 0.434 e. The lowest BCUT2D eigenvalue weighted by atomic mass is 10.0. The summed E-state index contributed by atoms with van der Waals surface area (Å²) in [7, 11) is 0. The SMILES string of the molecule is CC(C)(C)OC(=O)N=C(CC(=O)NCCO)Cc1ccc(C#N)cc1. The highest BCUT2D eigenvalue weighted by Gasteiger charge is 2.17. The minimum Gasteiger partial charge on any atom is -0.442 e. The molecule has 1 rings (SSSR count). The fourth-order valence-electron chi connectivity index (χ4n) is 1.93. The van der Waals surface area contributed by atoms with E-state index in [2.05, 4.69) is 10.3 Å². The van der Waals surface area contributed by atoms with Crippen LogP contribution in [0.25, 0.3) is 0 Å². The van der Waals surface area contributed by atoms with Crippen molar-refractivity contribution in [3.63, 3.8) is 0 Å². The van der Waals surface area contributed by atoms with Crippen molar-refractivity contribution >= 4 is 17.7 Å². The molecule has 0 unspecified atom stereocenters. The van der Waals surface area contributed by atoms with E-state index in [1.807, 2.05) is 6.07 Å². The Kier molecular flexibility index (Phi) is 7.76. The number of hydrogen-bond acceptors (Lipinski definition) is 5. The van der Waals surface area contributed by atoms with Gasteiger partial charge in [-0.2, -0.15) is 10.3 Å². The number of benzene rings is 1. The second-order valence-electron chi connectivity index (χ2n) is 6.39. The Morgan fingerprint density at radius 2 is 1.92 bits per heavy atom. The number of carbonyl (C=O) groups excluding carboxylic acids is 2. The van der Waals surface area contributed by atoms with Gasteiger partial charge in [0.15, 0.2) is 0 Å². The van der Waals surface area contributed by atoms with Crippen molar-refractivity contribution in [1.82, 2.24) is 5.32 Å². The van der Waals surface area contributed by atoms with Crippen LogP contribution >= 0.6 is 0 Å². The molecule has 0 aliphatic rings. The Hall–Kier alpha value is -2.72. The number of nitrogens with one attached hydrogen (secondary N) is 1. The van der Waals surface area contributed by atoms with Crippen molar-refractivity contribution < 1.29 is 19.4 Å². The van der Waals surface area contributed by atoms with Gasteiger partial charge < -0.3 is 15.2 Å². The normalized spacial score (nSPS) is 11.6. The zero-order chi connectivity index (χ0) is 18.9. The van der Waals surface area contributed by atoms with Crippen molar-refractivity contribution in [2.24, 2.45) is 4.99 Å². The largest absolute Gasteiger partial charge is 0.442 e. The monoisotopic (exact) mass is 345 g/mol. The van der Waals surface area contributed by atoms with Gasteiger partial charge >= 0.3 is 6.09 Å². The maximum absolute atomic E-state index is 11.9. The second kappa shape index (κ2) is 9.55. The first-order valence-corrected chi connectivity index (χ1v) is 7.89. The fraction of sp³-hybridized carbons (Fsp3) is 0.444. The van der Waals surface area contributed by atoms with Gasteiger partial charge in [-0.1, -0.05) is 12.1 Å². The molecule has 0 bridgehead atoms. The van der Waals surface area contributed by atoms with E-state index in [4.69, 9.17) is 15.1 Å². The number of hydrogen-bond donors (Lipinski definition) is 2. The summed E-state index contributed by atoms with van der Waals surface area (Å²) in [5, 5.41) is 20.1. The Morgan fingerprint density at radius 3 is 2.44 bits per heavy atom. The number of nitriles is 1. The molecule has 1 aromatic rings. The van der Waals surface area contributed by atoms with E-state index in [0.717, 1.165) is 5.56 Å². The molecule has 2 N–H and O–H groups in total. The van der Waals surface area contributed by atoms with E-state index in [1.54, 1.807) is 45.0 Å². The molecule has 0 atom stereocenters. The van der Waals surface area contributed by atoms with Crippen molar-refractivity contribution in [2.45, 2.75) is 39.2 Å². The molecule has 7 nitrogen and oxygen atoms in total. The van der Waals surface area contributed by atoms with Crippen molar-refractivity contribution in [1.29, 1.82) is 5.26 Å². The molecule has 0 radical (unpaired) electrons. The van der Waals surface area contributed by atoms with Crippen LogP contribution in [-0.2, 0) is 16.0 Å². The Balaban J connectivity index is 2.91. The summed E-state index contributed by atoms with van der Waals surface area (Å²) in [5.74, 6) is -0.343. The molecule has 0 spiro atoms. The van der Waals surface area contributed by atoms with Crippen LogP contribution in [0.3, 0.4) is 0 Å². The van der Waals surface area contributed by atoms with Gasteiger partial charge in [-0.15, -0.1) is 0 Å². The summed E-state index contributed by atoms with van der Waals surface area (Å²) in [4.78, 5) is 27.7. The quantitative estimate of drug-likeness (QED) is 0.766. The number of ether oxygens (including phenoxy) is 1. The summed E-state index contributed by atoms with van der Waals surface area (Å²) in [6.07, 6.45) is -0.567. The van der Waals surface area contributed by atoms with Crippen LogP contribution in [0.15, 0.2) is 29.3 Å². The Bertz CT molecular complexity index is 667. The van der Waals surface area contributed by atoms with Gasteiger partial charge in [0, 0.05) is 18.7 Å². The summed E-state index contributed by atoms with van der Waals surface area (Å²) in [5.41, 5.74) is 1.000. The summed E-state index contributed by atoms with van der Waals surface area (Å²) < 4.78 is 5.16. The van der Waals surface area contributed by atoms with Gasteiger partial charge in [0.1, 0.15) is 5.60 Å². The summed E-state index contributed by atoms with van der Waals surface area (Å²) in [6, 6.07) is 8.84. The molecule has 0 saturated heterocycles. The van der Waals surface area contributed by atoms with E-state index in [9.17, 15) is 9.59 Å². The van der Waals surface area contributed by atoms with Crippen LogP contribution in [0.4, 0.5) is 4.79 Å². The smallest absolute Gasteiger partial charge is 0.434 e. The summed E-state index contributed by atoms with van der Waals surface area (Å²) in [6.45, 7) is 5.16. The third-order valence-corrected chi connectivity index (χ3v) is 2.93. The van der Waals surface area contributed by atoms with Gasteiger partial charge in [0.05, 0.1) is 24.7 Å². The average molecular weight is 345 g/mol. The highest BCUT2D eigenvalue weighted by molar-refractivity contribution is 6.05. The molecular formula is C18H23N3O4. The lowest BCUT2D eigenvalue weighted by molar-refractivity contribution is -0.120. The highest BCUT2D eigenvalue weighted by Crippen LogP contribution is 2.11. The van der Waals surface area contributed by atoms with Gasteiger partial charge in [0.2, 0.25) is 5.91 Å². The Labute approximate surface area is 147 Å². The summed E-state index contributed by atoms with van der Waals surface area (Å²) >= 11 is 0. The average Bonchev–Trinajstić information content (AvgIpc) is 2.51. The third-order valence-electron chi connectivity index (χ3n) is 2.93. The first kappa shape index (κ1) is 20.3. The molecular weight excluding hydrogens is 322 g/mol. The number of aliphatic hydroxyl groups is 1. The molecule has 0 aliphatic carbocycles. The number of nitrogens with zero attached hydrogens (tertiary/aromatic N) is 2. The van der Waals surface area contributed by atoms with Gasteiger partial charge in [-0.05, 0) is 38.5 Å². The van der Waals surface area contributed by atoms with E-state index in [-0.39, 0.29) is 31.9 Å². The maximum atomic E-state index is 11.9. The van der Waals surface area contributed by atoms with Crippen LogP contribution < -0.4 is 5.32 Å². The molecule has 0 saturated carbocycles. The molecule has 0 aliphatic heterocycles. The van der Waals surface area contributed by atoms with Crippen LogP contribution in [-0.4, -0.2) is 41.6 Å². The topological polar surface area (TPSA) is 112 Å². The molecule has 7 heteroatoms. The predicted octanol–water partition coefficient (Wildman–Crippen LogP) is 1.98. The molecule has 134 valence electrons. The third kappa shape index (κ3) is 8.63. The molecule has 0 aromatic heterocycles. The minimum atomic E-state index is -0.758. The molecule has 0 heterocycles. The number of amides is 2. The zero-order valence-corrected chi connectivity index (χ0v) is 14.7. The van der Waals surface area contributed by atoms with E-state index >= 15 is 0 Å². The standard InChI is InChI=1S/C18H23N3O4/c1-18(2,3)25-17(24)21-15(11-16(23)20-8-9-22)10-13-4-6-14(12-19)7-5-13/h4-7,22H,8-11H2,1-3H3,(H,20,23). The first-order chi connectivity index (χ1) is 11.7.